The van der Waals surface area contributed by atoms with E-state index in [0.29, 0.717) is 6.61 Å². The largest absolute Gasteiger partial charge is 0.396 e. The third-order valence-electron chi connectivity index (χ3n) is 1.70. The van der Waals surface area contributed by atoms with E-state index in [1.165, 1.54) is 6.42 Å². The summed E-state index contributed by atoms with van der Waals surface area (Å²) in [5.41, 5.74) is 0. The van der Waals surface area contributed by atoms with Crippen molar-refractivity contribution in [2.24, 2.45) is 5.92 Å². The molecule has 0 aromatic heterocycles. The Bertz CT molecular complexity index is 59.5. The van der Waals surface area contributed by atoms with Crippen LogP contribution in [0.1, 0.15) is 12.8 Å². The molecule has 1 saturated heterocycles. The van der Waals surface area contributed by atoms with Gasteiger partial charge < -0.3 is 10.4 Å². The first kappa shape index (κ1) is 6.05. The molecule has 0 spiro atoms. The Hall–Kier alpha value is -0.0800. The zero-order chi connectivity index (χ0) is 5.82. The molecule has 0 saturated carbocycles. The van der Waals surface area contributed by atoms with E-state index < -0.39 is 0 Å². The van der Waals surface area contributed by atoms with E-state index in [2.05, 4.69) is 5.32 Å². The van der Waals surface area contributed by atoms with E-state index in [0.717, 1.165) is 25.4 Å². The highest BCUT2D eigenvalue weighted by Crippen LogP contribution is 2.10. The fraction of sp³-hybridized carbons (Fsp3) is 1.00. The highest BCUT2D eigenvalue weighted by Gasteiger charge is 2.12. The van der Waals surface area contributed by atoms with Crippen LogP contribution < -0.4 is 5.32 Å². The summed E-state index contributed by atoms with van der Waals surface area (Å²) < 4.78 is 0. The number of aliphatic hydroxyl groups excluding tert-OH is 1. The van der Waals surface area contributed by atoms with Gasteiger partial charge in [0, 0.05) is 6.61 Å². The van der Waals surface area contributed by atoms with Crippen molar-refractivity contribution < 1.29 is 5.11 Å². The molecule has 2 heteroatoms. The maximum atomic E-state index is 8.50. The van der Waals surface area contributed by atoms with Crippen LogP contribution in [0.4, 0.5) is 0 Å². The molecule has 1 atom stereocenters. The summed E-state index contributed by atoms with van der Waals surface area (Å²) in [7, 11) is 0. The number of hydrogen-bond donors (Lipinski definition) is 2. The molecule has 2 nitrogen and oxygen atoms in total. The van der Waals surface area contributed by atoms with Crippen molar-refractivity contribution in [3.05, 3.63) is 0 Å². The molecule has 0 aromatic carbocycles. The molecule has 1 aliphatic rings. The Morgan fingerprint density at radius 3 is 3.00 bits per heavy atom. The first-order valence-electron chi connectivity index (χ1n) is 3.25. The molecule has 8 heavy (non-hydrogen) atoms. The highest BCUT2D eigenvalue weighted by molar-refractivity contribution is 4.69. The smallest absolute Gasteiger partial charge is 0.0434 e. The van der Waals surface area contributed by atoms with Crippen molar-refractivity contribution in [1.82, 2.24) is 5.32 Å². The first-order valence-corrected chi connectivity index (χ1v) is 3.25. The van der Waals surface area contributed by atoms with Crippen LogP contribution in [-0.4, -0.2) is 24.8 Å². The second-order valence-corrected chi connectivity index (χ2v) is 2.37. The lowest BCUT2D eigenvalue weighted by Gasteiger charge is -2.01. The Labute approximate surface area is 49.9 Å². The predicted molar refractivity (Wildman–Crippen MR) is 32.7 cm³/mol. The van der Waals surface area contributed by atoms with E-state index in [1.807, 2.05) is 0 Å². The van der Waals surface area contributed by atoms with Gasteiger partial charge in [0.1, 0.15) is 0 Å². The minimum Gasteiger partial charge on any atom is -0.396 e. The first-order chi connectivity index (χ1) is 3.93. The quantitative estimate of drug-likeness (QED) is 0.530. The van der Waals surface area contributed by atoms with E-state index in [1.54, 1.807) is 0 Å². The van der Waals surface area contributed by atoms with Gasteiger partial charge in [-0.3, -0.25) is 0 Å². The Balaban J connectivity index is 2.06. The highest BCUT2D eigenvalue weighted by atomic mass is 16.3. The van der Waals surface area contributed by atoms with Gasteiger partial charge in [-0.1, -0.05) is 0 Å². The topological polar surface area (TPSA) is 32.3 Å². The standard InChI is InChI=1S/C6H13NO/c8-4-2-6-1-3-7-5-6/h6-8H,1-5H2/t6-/m0/s1. The summed E-state index contributed by atoms with van der Waals surface area (Å²) in [4.78, 5) is 0. The normalized spacial score (nSPS) is 28.9. The second-order valence-electron chi connectivity index (χ2n) is 2.37. The van der Waals surface area contributed by atoms with Crippen LogP contribution in [0.5, 0.6) is 0 Å². The molecule has 0 aliphatic carbocycles. The van der Waals surface area contributed by atoms with Crippen LogP contribution >= 0.6 is 0 Å². The Morgan fingerprint density at radius 1 is 1.62 bits per heavy atom. The van der Waals surface area contributed by atoms with E-state index >= 15 is 0 Å². The van der Waals surface area contributed by atoms with Gasteiger partial charge in [0.25, 0.3) is 0 Å². The van der Waals surface area contributed by atoms with Gasteiger partial charge in [-0.05, 0) is 31.8 Å². The van der Waals surface area contributed by atoms with Crippen LogP contribution in [0.15, 0.2) is 0 Å². The lowest BCUT2D eigenvalue weighted by atomic mass is 10.1. The van der Waals surface area contributed by atoms with E-state index in [4.69, 9.17) is 5.11 Å². The molecule has 48 valence electrons. The summed E-state index contributed by atoms with van der Waals surface area (Å²) in [5.74, 6) is 0.750. The van der Waals surface area contributed by atoms with E-state index in [-0.39, 0.29) is 0 Å². The number of nitrogens with one attached hydrogen (secondary N) is 1. The van der Waals surface area contributed by atoms with Crippen molar-refractivity contribution in [2.75, 3.05) is 19.7 Å². The number of aliphatic hydroxyl groups is 1. The fourth-order valence-corrected chi connectivity index (χ4v) is 1.14. The molecule has 1 heterocycles. The van der Waals surface area contributed by atoms with Crippen molar-refractivity contribution >= 4 is 0 Å². The summed E-state index contributed by atoms with van der Waals surface area (Å²) in [6.45, 7) is 2.61. The molecule has 0 aromatic rings. The third kappa shape index (κ3) is 1.46. The Morgan fingerprint density at radius 2 is 2.50 bits per heavy atom. The zero-order valence-corrected chi connectivity index (χ0v) is 5.06. The van der Waals surface area contributed by atoms with Gasteiger partial charge in [-0.15, -0.1) is 0 Å². The van der Waals surface area contributed by atoms with Gasteiger partial charge in [0.15, 0.2) is 0 Å². The molecule has 1 rings (SSSR count). The van der Waals surface area contributed by atoms with Crippen LogP contribution in [0, 0.1) is 5.92 Å². The lowest BCUT2D eigenvalue weighted by Crippen LogP contribution is -2.09. The third-order valence-corrected chi connectivity index (χ3v) is 1.70. The lowest BCUT2D eigenvalue weighted by molar-refractivity contribution is 0.262. The fourth-order valence-electron chi connectivity index (χ4n) is 1.14. The van der Waals surface area contributed by atoms with Crippen molar-refractivity contribution in [2.45, 2.75) is 12.8 Å². The number of hydrogen-bond acceptors (Lipinski definition) is 2. The van der Waals surface area contributed by atoms with Crippen molar-refractivity contribution in [3.8, 4) is 0 Å². The summed E-state index contributed by atoms with van der Waals surface area (Å²) in [6, 6.07) is 0. The van der Waals surface area contributed by atoms with Gasteiger partial charge in [-0.2, -0.15) is 0 Å². The molecule has 1 fully saturated rings. The van der Waals surface area contributed by atoms with Crippen LogP contribution in [0.3, 0.4) is 0 Å². The molecule has 0 radical (unpaired) electrons. The van der Waals surface area contributed by atoms with Gasteiger partial charge in [-0.25, -0.2) is 0 Å². The SMILES string of the molecule is OCC[C@@H]1CCNC1. The predicted octanol–water partition coefficient (Wildman–Crippen LogP) is -0.0217. The van der Waals surface area contributed by atoms with Gasteiger partial charge in [0.2, 0.25) is 0 Å². The summed E-state index contributed by atoms with van der Waals surface area (Å²) in [5, 5.41) is 11.7. The molecular weight excluding hydrogens is 102 g/mol. The molecular formula is C6H13NO. The summed E-state index contributed by atoms with van der Waals surface area (Å²) >= 11 is 0. The maximum Gasteiger partial charge on any atom is 0.0434 e. The maximum absolute atomic E-state index is 8.50. The van der Waals surface area contributed by atoms with Gasteiger partial charge >= 0.3 is 0 Å². The molecule has 0 bridgehead atoms. The van der Waals surface area contributed by atoms with Crippen molar-refractivity contribution in [3.63, 3.8) is 0 Å². The number of rotatable bonds is 2. The zero-order valence-electron chi connectivity index (χ0n) is 5.06. The van der Waals surface area contributed by atoms with Gasteiger partial charge in [0.05, 0.1) is 0 Å². The molecule has 1 aliphatic heterocycles. The van der Waals surface area contributed by atoms with Crippen LogP contribution in [0.2, 0.25) is 0 Å². The average molecular weight is 115 g/mol. The Kier molecular flexibility index (Phi) is 2.30. The minimum absolute atomic E-state index is 0.354. The molecule has 2 N–H and O–H groups in total. The second kappa shape index (κ2) is 3.05. The molecule has 0 unspecified atom stereocenters. The minimum atomic E-state index is 0.354. The monoisotopic (exact) mass is 115 g/mol. The molecule has 0 amide bonds. The van der Waals surface area contributed by atoms with Crippen molar-refractivity contribution in [1.29, 1.82) is 0 Å². The summed E-state index contributed by atoms with van der Waals surface area (Å²) in [6.07, 6.45) is 2.23. The van der Waals surface area contributed by atoms with Crippen LogP contribution in [-0.2, 0) is 0 Å². The van der Waals surface area contributed by atoms with Crippen LogP contribution in [0.25, 0.3) is 0 Å². The average Bonchev–Trinajstić information content (AvgIpc) is 2.19. The van der Waals surface area contributed by atoms with E-state index in [9.17, 15) is 0 Å².